The Morgan fingerprint density at radius 3 is 2.53 bits per heavy atom. The Hall–Kier alpha value is -2.30. The molecule has 1 aromatic rings. The lowest BCUT2D eigenvalue weighted by Crippen LogP contribution is -2.36. The monoisotopic (exact) mass is 256 g/mol. The number of rotatable bonds is 4. The zero-order valence-corrected chi connectivity index (χ0v) is 11.3. The molecule has 4 nitrogen and oxygen atoms in total. The number of benzene rings is 1. The predicted octanol–water partition coefficient (Wildman–Crippen LogP) is 1.92. The van der Waals surface area contributed by atoms with Crippen LogP contribution in [0.3, 0.4) is 0 Å². The average Bonchev–Trinajstić information content (AvgIpc) is 2.36. The number of ether oxygens (including phenoxy) is 1. The maximum absolute atomic E-state index is 12.0. The van der Waals surface area contributed by atoms with Gasteiger partial charge in [-0.15, -0.1) is 5.92 Å². The van der Waals surface area contributed by atoms with Crippen molar-refractivity contribution in [2.45, 2.75) is 27.0 Å². The van der Waals surface area contributed by atoms with Crippen LogP contribution in [-0.4, -0.2) is 18.7 Å². The molecule has 0 aromatic heterocycles. The molecule has 0 heterocycles. The van der Waals surface area contributed by atoms with Crippen LogP contribution in [0.1, 0.15) is 28.4 Å². The summed E-state index contributed by atoms with van der Waals surface area (Å²) in [6.07, 6.45) is -0.992. The number of nitriles is 1. The van der Waals surface area contributed by atoms with Crippen molar-refractivity contribution in [3.8, 4) is 17.9 Å². The topological polar surface area (TPSA) is 62.1 Å². The van der Waals surface area contributed by atoms with Crippen LogP contribution in [0, 0.1) is 37.0 Å². The highest BCUT2D eigenvalue weighted by atomic mass is 16.5. The van der Waals surface area contributed by atoms with Gasteiger partial charge in [-0.2, -0.15) is 5.26 Å². The molecule has 0 fully saturated rings. The van der Waals surface area contributed by atoms with Crippen LogP contribution in [-0.2, 0) is 4.74 Å². The molecule has 1 rings (SSSR count). The van der Waals surface area contributed by atoms with E-state index in [1.54, 1.807) is 19.1 Å². The fourth-order valence-corrected chi connectivity index (χ4v) is 1.62. The van der Waals surface area contributed by atoms with E-state index < -0.39 is 6.23 Å². The van der Waals surface area contributed by atoms with Gasteiger partial charge in [0, 0.05) is 5.56 Å². The quantitative estimate of drug-likeness (QED) is 0.661. The van der Waals surface area contributed by atoms with Gasteiger partial charge in [-0.05, 0) is 32.9 Å². The van der Waals surface area contributed by atoms with Crippen molar-refractivity contribution in [3.63, 3.8) is 0 Å². The Morgan fingerprint density at radius 2 is 2.00 bits per heavy atom. The van der Waals surface area contributed by atoms with E-state index >= 15 is 0 Å². The normalized spacial score (nSPS) is 10.8. The van der Waals surface area contributed by atoms with Crippen LogP contribution in [0.4, 0.5) is 0 Å². The van der Waals surface area contributed by atoms with Gasteiger partial charge in [0.05, 0.1) is 0 Å². The molecule has 1 amide bonds. The van der Waals surface area contributed by atoms with E-state index in [2.05, 4.69) is 17.2 Å². The Labute approximate surface area is 113 Å². The minimum atomic E-state index is -0.992. The summed E-state index contributed by atoms with van der Waals surface area (Å²) >= 11 is 0. The summed E-state index contributed by atoms with van der Waals surface area (Å²) in [4.78, 5) is 12.0. The molecule has 0 spiro atoms. The van der Waals surface area contributed by atoms with Gasteiger partial charge in [-0.3, -0.25) is 4.79 Å². The zero-order chi connectivity index (χ0) is 14.3. The molecule has 1 aromatic carbocycles. The molecule has 19 heavy (non-hydrogen) atoms. The highest BCUT2D eigenvalue weighted by Gasteiger charge is 2.13. The maximum Gasteiger partial charge on any atom is 0.254 e. The van der Waals surface area contributed by atoms with Crippen molar-refractivity contribution in [1.82, 2.24) is 5.32 Å². The standard InChI is InChI=1S/C15H16N2O2/c1-4-5-6-19-14(10-16)17-15(18)13-8-11(2)7-12(3)9-13/h7-9,14H,6H2,1-3H3,(H,17,18). The summed E-state index contributed by atoms with van der Waals surface area (Å²) in [5, 5.41) is 11.4. The van der Waals surface area contributed by atoms with E-state index in [1.807, 2.05) is 26.0 Å². The highest BCUT2D eigenvalue weighted by molar-refractivity contribution is 5.94. The van der Waals surface area contributed by atoms with Gasteiger partial charge in [0.25, 0.3) is 5.91 Å². The van der Waals surface area contributed by atoms with E-state index in [4.69, 9.17) is 10.00 Å². The van der Waals surface area contributed by atoms with E-state index in [0.717, 1.165) is 11.1 Å². The number of hydrogen-bond donors (Lipinski definition) is 1. The summed E-state index contributed by atoms with van der Waals surface area (Å²) < 4.78 is 5.12. The summed E-state index contributed by atoms with van der Waals surface area (Å²) in [6.45, 7) is 5.62. The smallest absolute Gasteiger partial charge is 0.254 e. The first kappa shape index (κ1) is 14.8. The first-order chi connectivity index (χ1) is 9.06. The van der Waals surface area contributed by atoms with Crippen molar-refractivity contribution in [2.75, 3.05) is 6.61 Å². The van der Waals surface area contributed by atoms with Crippen molar-refractivity contribution in [1.29, 1.82) is 5.26 Å². The van der Waals surface area contributed by atoms with Crippen molar-refractivity contribution in [2.24, 2.45) is 0 Å². The molecule has 0 aliphatic rings. The highest BCUT2D eigenvalue weighted by Crippen LogP contribution is 2.09. The van der Waals surface area contributed by atoms with Crippen LogP contribution in [0.2, 0.25) is 0 Å². The van der Waals surface area contributed by atoms with Gasteiger partial charge >= 0.3 is 0 Å². The fraction of sp³-hybridized carbons (Fsp3) is 0.333. The molecular formula is C15H16N2O2. The molecule has 1 unspecified atom stereocenters. The third kappa shape index (κ3) is 4.83. The number of aryl methyl sites for hydroxylation is 2. The van der Waals surface area contributed by atoms with Crippen LogP contribution in [0.25, 0.3) is 0 Å². The van der Waals surface area contributed by atoms with Crippen LogP contribution in [0.15, 0.2) is 18.2 Å². The fourth-order valence-electron chi connectivity index (χ4n) is 1.62. The number of nitrogens with one attached hydrogen (secondary N) is 1. The lowest BCUT2D eigenvalue weighted by Gasteiger charge is -2.11. The molecule has 98 valence electrons. The lowest BCUT2D eigenvalue weighted by molar-refractivity contribution is 0.0684. The van der Waals surface area contributed by atoms with Gasteiger partial charge < -0.3 is 10.1 Å². The van der Waals surface area contributed by atoms with Gasteiger partial charge in [-0.1, -0.05) is 23.1 Å². The molecule has 4 heteroatoms. The number of amides is 1. The summed E-state index contributed by atoms with van der Waals surface area (Å²) in [6, 6.07) is 7.38. The molecule has 0 bridgehead atoms. The van der Waals surface area contributed by atoms with Crippen molar-refractivity contribution in [3.05, 3.63) is 34.9 Å². The largest absolute Gasteiger partial charge is 0.332 e. The molecule has 0 radical (unpaired) electrons. The first-order valence-corrected chi connectivity index (χ1v) is 5.87. The summed E-state index contributed by atoms with van der Waals surface area (Å²) in [5.74, 6) is 4.99. The summed E-state index contributed by atoms with van der Waals surface area (Å²) in [5.41, 5.74) is 2.51. The van der Waals surface area contributed by atoms with Gasteiger partial charge in [0.1, 0.15) is 12.7 Å². The predicted molar refractivity (Wildman–Crippen MR) is 72.2 cm³/mol. The third-order valence-corrected chi connectivity index (χ3v) is 2.36. The number of carbonyl (C=O) groups is 1. The molecular weight excluding hydrogens is 240 g/mol. The first-order valence-electron chi connectivity index (χ1n) is 5.87. The zero-order valence-electron chi connectivity index (χ0n) is 11.3. The molecule has 0 aliphatic carbocycles. The number of hydrogen-bond acceptors (Lipinski definition) is 3. The van der Waals surface area contributed by atoms with Gasteiger partial charge in [0.2, 0.25) is 6.23 Å². The summed E-state index contributed by atoms with van der Waals surface area (Å²) in [7, 11) is 0. The molecule has 1 atom stereocenters. The van der Waals surface area contributed by atoms with E-state index in [-0.39, 0.29) is 12.5 Å². The van der Waals surface area contributed by atoms with Gasteiger partial charge in [-0.25, -0.2) is 0 Å². The molecule has 0 saturated carbocycles. The Balaban J connectivity index is 2.71. The third-order valence-electron chi connectivity index (χ3n) is 2.36. The van der Waals surface area contributed by atoms with E-state index in [0.29, 0.717) is 5.56 Å². The van der Waals surface area contributed by atoms with Crippen LogP contribution < -0.4 is 5.32 Å². The number of nitrogens with zero attached hydrogens (tertiary/aromatic N) is 1. The minimum Gasteiger partial charge on any atom is -0.332 e. The second-order valence-electron chi connectivity index (χ2n) is 4.10. The molecule has 0 saturated heterocycles. The van der Waals surface area contributed by atoms with Crippen molar-refractivity contribution < 1.29 is 9.53 Å². The molecule has 0 aliphatic heterocycles. The lowest BCUT2D eigenvalue weighted by atomic mass is 10.1. The molecule has 1 N–H and O–H groups in total. The second kappa shape index (κ2) is 7.20. The van der Waals surface area contributed by atoms with E-state index in [9.17, 15) is 4.79 Å². The Kier molecular flexibility index (Phi) is 5.60. The number of carbonyl (C=O) groups excluding carboxylic acids is 1. The maximum atomic E-state index is 12.0. The van der Waals surface area contributed by atoms with Crippen LogP contribution in [0.5, 0.6) is 0 Å². The average molecular weight is 256 g/mol. The van der Waals surface area contributed by atoms with Crippen molar-refractivity contribution >= 4 is 5.91 Å². The Bertz CT molecular complexity index is 541. The van der Waals surface area contributed by atoms with E-state index in [1.165, 1.54) is 0 Å². The minimum absolute atomic E-state index is 0.113. The second-order valence-corrected chi connectivity index (χ2v) is 4.10. The van der Waals surface area contributed by atoms with Crippen LogP contribution >= 0.6 is 0 Å². The Morgan fingerprint density at radius 1 is 1.37 bits per heavy atom. The SMILES string of the molecule is CC#CCOC(C#N)NC(=O)c1cc(C)cc(C)c1. The van der Waals surface area contributed by atoms with Gasteiger partial charge in [0.15, 0.2) is 0 Å².